The number of hydrogen-bond donors (Lipinski definition) is 0. The van der Waals surface area contributed by atoms with Gasteiger partial charge in [0.1, 0.15) is 11.9 Å². The summed E-state index contributed by atoms with van der Waals surface area (Å²) in [4.78, 5) is 25.8. The number of methoxy groups -OCH3 is 2. The minimum Gasteiger partial charge on any atom is -0.429 e. The Morgan fingerprint density at radius 3 is 2.21 bits per heavy atom. The number of ether oxygens (including phenoxy) is 4. The van der Waals surface area contributed by atoms with E-state index in [0.717, 1.165) is 11.1 Å². The summed E-state index contributed by atoms with van der Waals surface area (Å²) in [6.07, 6.45) is -1.69. The molecule has 0 saturated heterocycles. The van der Waals surface area contributed by atoms with Gasteiger partial charge < -0.3 is 18.9 Å². The SMILES string of the molecule is COC(COC(=O)OC1=C(c2ccccc2)SC(c2ccccc2)C1=O)OC. The standard InChI is InChI=1S/C21H20O6S/c1-24-16(25-2)13-26-21(23)27-18-17(22)19(14-9-5-3-6-10-14)28-20(18)15-11-7-4-8-12-15/h3-12,16,19H,13H2,1-2H3. The molecular weight excluding hydrogens is 380 g/mol. The molecule has 1 aliphatic rings. The molecular formula is C21H20O6S. The zero-order valence-corrected chi connectivity index (χ0v) is 16.3. The largest absolute Gasteiger partial charge is 0.514 e. The lowest BCUT2D eigenvalue weighted by molar-refractivity contribution is -0.133. The van der Waals surface area contributed by atoms with E-state index < -0.39 is 17.7 Å². The van der Waals surface area contributed by atoms with Crippen LogP contribution in [0.5, 0.6) is 0 Å². The van der Waals surface area contributed by atoms with Crippen molar-refractivity contribution in [3.8, 4) is 0 Å². The van der Waals surface area contributed by atoms with Gasteiger partial charge in [-0.1, -0.05) is 60.7 Å². The average molecular weight is 400 g/mol. The van der Waals surface area contributed by atoms with E-state index in [1.807, 2.05) is 60.7 Å². The zero-order chi connectivity index (χ0) is 19.9. The van der Waals surface area contributed by atoms with Crippen LogP contribution < -0.4 is 0 Å². The molecule has 28 heavy (non-hydrogen) atoms. The van der Waals surface area contributed by atoms with Crippen molar-refractivity contribution >= 4 is 28.6 Å². The lowest BCUT2D eigenvalue weighted by Gasteiger charge is -2.13. The van der Waals surface area contributed by atoms with Gasteiger partial charge in [0.25, 0.3) is 0 Å². The summed E-state index contributed by atoms with van der Waals surface area (Å²) in [5.41, 5.74) is 1.64. The number of Topliss-reactive ketones (excluding diaryl/α,β-unsaturated/α-hetero) is 1. The smallest absolute Gasteiger partial charge is 0.429 e. The van der Waals surface area contributed by atoms with Crippen molar-refractivity contribution in [2.45, 2.75) is 11.5 Å². The monoisotopic (exact) mass is 400 g/mol. The van der Waals surface area contributed by atoms with E-state index in [-0.39, 0.29) is 18.1 Å². The summed E-state index contributed by atoms with van der Waals surface area (Å²) >= 11 is 1.36. The summed E-state index contributed by atoms with van der Waals surface area (Å²) in [7, 11) is 2.86. The van der Waals surface area contributed by atoms with Crippen LogP contribution >= 0.6 is 11.8 Å². The maximum atomic E-state index is 13.0. The molecule has 3 rings (SSSR count). The molecule has 1 unspecified atom stereocenters. The summed E-state index contributed by atoms with van der Waals surface area (Å²) < 4.78 is 20.3. The number of carbonyl (C=O) groups is 2. The van der Waals surface area contributed by atoms with Gasteiger partial charge >= 0.3 is 6.16 Å². The second-order valence-electron chi connectivity index (χ2n) is 5.86. The first-order chi connectivity index (χ1) is 13.6. The first-order valence-electron chi connectivity index (χ1n) is 8.59. The summed E-state index contributed by atoms with van der Waals surface area (Å²) in [5, 5.41) is -0.482. The lowest BCUT2D eigenvalue weighted by atomic mass is 10.1. The highest BCUT2D eigenvalue weighted by Crippen LogP contribution is 2.50. The highest BCUT2D eigenvalue weighted by molar-refractivity contribution is 8.09. The van der Waals surface area contributed by atoms with Gasteiger partial charge in [-0.15, -0.1) is 11.8 Å². The molecule has 146 valence electrons. The van der Waals surface area contributed by atoms with Crippen LogP contribution in [0.15, 0.2) is 66.4 Å². The van der Waals surface area contributed by atoms with Crippen molar-refractivity contribution in [1.29, 1.82) is 0 Å². The van der Waals surface area contributed by atoms with Gasteiger partial charge in [0.2, 0.25) is 5.78 Å². The van der Waals surface area contributed by atoms with E-state index in [1.165, 1.54) is 26.0 Å². The second-order valence-corrected chi connectivity index (χ2v) is 6.98. The van der Waals surface area contributed by atoms with Crippen LogP contribution in [0.2, 0.25) is 0 Å². The van der Waals surface area contributed by atoms with Crippen LogP contribution in [0, 0.1) is 0 Å². The van der Waals surface area contributed by atoms with E-state index in [2.05, 4.69) is 0 Å². The van der Waals surface area contributed by atoms with Crippen LogP contribution in [0.3, 0.4) is 0 Å². The first-order valence-corrected chi connectivity index (χ1v) is 9.47. The molecule has 0 aromatic heterocycles. The molecule has 0 bridgehead atoms. The molecule has 0 fully saturated rings. The fraction of sp³-hybridized carbons (Fsp3) is 0.238. The van der Waals surface area contributed by atoms with Crippen molar-refractivity contribution < 1.29 is 28.5 Å². The Kier molecular flexibility index (Phi) is 6.86. The molecule has 1 aliphatic heterocycles. The van der Waals surface area contributed by atoms with Gasteiger partial charge in [-0.25, -0.2) is 4.79 Å². The summed E-state index contributed by atoms with van der Waals surface area (Å²) in [5.74, 6) is -0.288. The molecule has 0 radical (unpaired) electrons. The quantitative estimate of drug-likeness (QED) is 0.510. The molecule has 1 heterocycles. The molecule has 2 aromatic rings. The first kappa shape index (κ1) is 20.1. The molecule has 0 amide bonds. The zero-order valence-electron chi connectivity index (χ0n) is 15.5. The van der Waals surface area contributed by atoms with Crippen LogP contribution in [0.25, 0.3) is 4.91 Å². The lowest BCUT2D eigenvalue weighted by Crippen LogP contribution is -2.23. The Balaban J connectivity index is 1.83. The third-order valence-electron chi connectivity index (χ3n) is 4.09. The highest BCUT2D eigenvalue weighted by atomic mass is 32.2. The van der Waals surface area contributed by atoms with Gasteiger partial charge in [-0.2, -0.15) is 0 Å². The summed E-state index contributed by atoms with van der Waals surface area (Å²) in [6, 6.07) is 18.7. The number of rotatable bonds is 7. The molecule has 2 aromatic carbocycles. The van der Waals surface area contributed by atoms with E-state index in [9.17, 15) is 9.59 Å². The van der Waals surface area contributed by atoms with Crippen molar-refractivity contribution in [1.82, 2.24) is 0 Å². The Hall–Kier alpha value is -2.61. The maximum absolute atomic E-state index is 13.0. The average Bonchev–Trinajstić information content (AvgIpc) is 3.06. The predicted molar refractivity (Wildman–Crippen MR) is 105 cm³/mol. The molecule has 0 N–H and O–H groups in total. The van der Waals surface area contributed by atoms with Crippen LogP contribution in [0.1, 0.15) is 16.4 Å². The highest BCUT2D eigenvalue weighted by Gasteiger charge is 2.38. The fourth-order valence-corrected chi connectivity index (χ4v) is 3.93. The molecule has 6 nitrogen and oxygen atoms in total. The van der Waals surface area contributed by atoms with Crippen molar-refractivity contribution in [3.63, 3.8) is 0 Å². The Labute approximate surface area is 167 Å². The number of allylic oxidation sites excluding steroid dienone is 1. The number of ketones is 1. The topological polar surface area (TPSA) is 71.1 Å². The normalized spacial score (nSPS) is 16.5. The number of hydrogen-bond acceptors (Lipinski definition) is 7. The Bertz CT molecular complexity index is 846. The predicted octanol–water partition coefficient (Wildman–Crippen LogP) is 4.18. The van der Waals surface area contributed by atoms with E-state index in [4.69, 9.17) is 18.9 Å². The van der Waals surface area contributed by atoms with Crippen LogP contribution in [0.4, 0.5) is 4.79 Å². The third-order valence-corrected chi connectivity index (χ3v) is 5.47. The minimum absolute atomic E-state index is 0.0126. The number of thioether (sulfide) groups is 1. The van der Waals surface area contributed by atoms with E-state index in [0.29, 0.717) is 4.91 Å². The minimum atomic E-state index is -0.981. The molecule has 0 saturated carbocycles. The molecule has 7 heteroatoms. The summed E-state index contributed by atoms with van der Waals surface area (Å²) in [6.45, 7) is -0.150. The number of carbonyl (C=O) groups excluding carboxylic acids is 2. The molecule has 0 spiro atoms. The van der Waals surface area contributed by atoms with Crippen LogP contribution in [-0.2, 0) is 23.7 Å². The van der Waals surface area contributed by atoms with Gasteiger partial charge in [0.15, 0.2) is 12.0 Å². The van der Waals surface area contributed by atoms with Crippen molar-refractivity contribution in [2.75, 3.05) is 20.8 Å². The Morgan fingerprint density at radius 2 is 1.61 bits per heavy atom. The third kappa shape index (κ3) is 4.62. The van der Waals surface area contributed by atoms with Gasteiger partial charge in [-0.3, -0.25) is 4.79 Å². The van der Waals surface area contributed by atoms with E-state index >= 15 is 0 Å². The number of benzene rings is 2. The van der Waals surface area contributed by atoms with Gasteiger partial charge in [-0.05, 0) is 11.1 Å². The molecule has 0 aliphatic carbocycles. The second kappa shape index (κ2) is 9.54. The fourth-order valence-electron chi connectivity index (χ4n) is 2.67. The van der Waals surface area contributed by atoms with E-state index in [1.54, 1.807) is 0 Å². The van der Waals surface area contributed by atoms with Crippen LogP contribution in [-0.4, -0.2) is 39.1 Å². The Morgan fingerprint density at radius 1 is 1.00 bits per heavy atom. The van der Waals surface area contributed by atoms with Gasteiger partial charge in [0.05, 0.1) is 4.91 Å². The molecule has 1 atom stereocenters. The van der Waals surface area contributed by atoms with Crippen molar-refractivity contribution in [2.24, 2.45) is 0 Å². The maximum Gasteiger partial charge on any atom is 0.514 e. The van der Waals surface area contributed by atoms with Gasteiger partial charge in [0, 0.05) is 14.2 Å². The van der Waals surface area contributed by atoms with Crippen molar-refractivity contribution in [3.05, 3.63) is 77.5 Å².